The Labute approximate surface area is 335 Å². The molecule has 10 unspecified atom stereocenters. The fourth-order valence-electron chi connectivity index (χ4n) is 12.1. The van der Waals surface area contributed by atoms with Crippen LogP contribution in [0.25, 0.3) is 0 Å². The minimum absolute atomic E-state index is 0.172. The van der Waals surface area contributed by atoms with Crippen LogP contribution in [0.15, 0.2) is 77.2 Å². The number of alkyl carbamates (subject to hydrolysis) is 1. The molecule has 56 heavy (non-hydrogen) atoms. The molecule has 0 spiro atoms. The molecule has 6 aliphatic rings. The number of fused-ring (bicyclic) bond motifs is 5. The zero-order chi connectivity index (χ0) is 39.4. The van der Waals surface area contributed by atoms with E-state index in [4.69, 9.17) is 19.9 Å². The van der Waals surface area contributed by atoms with E-state index >= 15 is 0 Å². The lowest BCUT2D eigenvalue weighted by molar-refractivity contribution is -0.174. The highest BCUT2D eigenvalue weighted by molar-refractivity contribution is 5.90. The molecule has 0 radical (unpaired) electrons. The van der Waals surface area contributed by atoms with Crippen molar-refractivity contribution in [3.8, 4) is 0 Å². The Kier molecular flexibility index (Phi) is 12.8. The van der Waals surface area contributed by atoms with E-state index in [1.54, 1.807) is 12.2 Å². The molecule has 0 saturated heterocycles. The number of ether oxygens (including phenoxy) is 3. The zero-order valence-electron chi connectivity index (χ0n) is 34.3. The van der Waals surface area contributed by atoms with E-state index in [9.17, 15) is 14.4 Å². The summed E-state index contributed by atoms with van der Waals surface area (Å²) in [7, 11) is 0. The van der Waals surface area contributed by atoms with Crippen molar-refractivity contribution in [1.29, 1.82) is 0 Å². The average Bonchev–Trinajstić information content (AvgIpc) is 3.55. The number of nitrogens with two attached hydrogens (primary N) is 1. The summed E-state index contributed by atoms with van der Waals surface area (Å²) in [6, 6.07) is 9.56. The Balaban J connectivity index is 1.01. The van der Waals surface area contributed by atoms with Gasteiger partial charge in [-0.15, -0.1) is 0 Å². The number of allylic oxidation sites excluding steroid dienone is 6. The van der Waals surface area contributed by atoms with Crippen molar-refractivity contribution < 1.29 is 28.6 Å². The summed E-state index contributed by atoms with van der Waals surface area (Å²) in [5.74, 6) is 4.29. The second kappa shape index (κ2) is 17.8. The van der Waals surface area contributed by atoms with Gasteiger partial charge in [0.05, 0.1) is 0 Å². The molecule has 304 valence electrons. The molecule has 8 heteroatoms. The summed E-state index contributed by atoms with van der Waals surface area (Å²) in [5.41, 5.74) is 10.1. The van der Waals surface area contributed by atoms with E-state index in [-0.39, 0.29) is 36.7 Å². The number of hydrogen-bond donors (Lipinski definition) is 2. The van der Waals surface area contributed by atoms with Gasteiger partial charge in [0, 0.05) is 28.5 Å². The van der Waals surface area contributed by atoms with Crippen LogP contribution in [0.1, 0.15) is 130 Å². The van der Waals surface area contributed by atoms with Crippen LogP contribution in [0.5, 0.6) is 0 Å². The second-order valence-electron chi connectivity index (χ2n) is 18.8. The van der Waals surface area contributed by atoms with Gasteiger partial charge >= 0.3 is 18.0 Å². The molecule has 6 aliphatic carbocycles. The summed E-state index contributed by atoms with van der Waals surface area (Å²) < 4.78 is 18.2. The number of rotatable bonds is 12. The van der Waals surface area contributed by atoms with E-state index < -0.39 is 6.09 Å². The van der Waals surface area contributed by atoms with Gasteiger partial charge in [0.25, 0.3) is 0 Å². The molecule has 3 N–H and O–H groups in total. The van der Waals surface area contributed by atoms with Gasteiger partial charge in [-0.05, 0) is 142 Å². The van der Waals surface area contributed by atoms with Crippen LogP contribution in [-0.4, -0.2) is 30.2 Å². The lowest BCUT2D eigenvalue weighted by Gasteiger charge is -2.58. The topological polar surface area (TPSA) is 117 Å². The van der Waals surface area contributed by atoms with Gasteiger partial charge < -0.3 is 19.9 Å². The number of nitrogens with one attached hydrogen (secondary N) is 1. The average molecular weight is 767 g/mol. The number of hydrogen-bond acceptors (Lipinski definition) is 7. The number of amides is 1. The predicted molar refractivity (Wildman–Crippen MR) is 218 cm³/mol. The molecule has 4 fully saturated rings. The first kappa shape index (κ1) is 40.4. The highest BCUT2D eigenvalue weighted by Gasteiger charge is 2.60. The van der Waals surface area contributed by atoms with Gasteiger partial charge in [0.1, 0.15) is 18.8 Å². The molecule has 0 aliphatic heterocycles. The Hall–Kier alpha value is -3.81. The second-order valence-corrected chi connectivity index (χ2v) is 18.8. The van der Waals surface area contributed by atoms with Crippen molar-refractivity contribution >= 4 is 18.0 Å². The van der Waals surface area contributed by atoms with E-state index in [0.717, 1.165) is 54.7 Å². The minimum atomic E-state index is -0.511. The first-order valence-corrected chi connectivity index (χ1v) is 21.9. The third-order valence-corrected chi connectivity index (χ3v) is 15.0. The molecule has 10 atom stereocenters. The zero-order valence-corrected chi connectivity index (χ0v) is 34.3. The van der Waals surface area contributed by atoms with Crippen molar-refractivity contribution in [1.82, 2.24) is 5.32 Å². The minimum Gasteiger partial charge on any atom is -0.459 e. The number of carbonyl (C=O) groups excluding carboxylic acids is 3. The Morgan fingerprint density at radius 3 is 2.23 bits per heavy atom. The molecule has 0 aromatic heterocycles. The van der Waals surface area contributed by atoms with Crippen molar-refractivity contribution in [2.75, 3.05) is 0 Å². The molecule has 0 bridgehead atoms. The summed E-state index contributed by atoms with van der Waals surface area (Å²) in [5, 5.41) is 2.81. The Morgan fingerprint density at radius 1 is 0.786 bits per heavy atom. The van der Waals surface area contributed by atoms with Crippen molar-refractivity contribution in [3.05, 3.63) is 82.7 Å². The standard InChI is InChI=1S/C48H66N2O6/c1-30(2)9-8-10-31(3)42-23-24-43-40-28-44(56-46(52)33-13-17-35(49)18-14-33)41-27-37(21-22-38(41)39(40)25-26-48(42,43)4)55-45(51)34-15-19-36(20-16-34)50-47(53)54-29-32-11-6-5-7-12-32/h5-7,11-13,15,17,19,30-31,37-44H,8-10,14,16,18,20-29,49H2,1-4H3,(H,50,53). The summed E-state index contributed by atoms with van der Waals surface area (Å²) in [4.78, 5) is 39.7. The van der Waals surface area contributed by atoms with Gasteiger partial charge in [0.2, 0.25) is 0 Å². The van der Waals surface area contributed by atoms with Gasteiger partial charge in [-0.3, -0.25) is 5.32 Å². The van der Waals surface area contributed by atoms with Crippen LogP contribution >= 0.6 is 0 Å². The molecule has 1 amide bonds. The maximum absolute atomic E-state index is 13.8. The normalized spacial score (nSPS) is 32.9. The van der Waals surface area contributed by atoms with Crippen LogP contribution in [0, 0.1) is 52.8 Å². The van der Waals surface area contributed by atoms with Crippen LogP contribution in [0.3, 0.4) is 0 Å². The maximum Gasteiger partial charge on any atom is 0.411 e. The quantitative estimate of drug-likeness (QED) is 0.161. The number of esters is 2. The third-order valence-electron chi connectivity index (χ3n) is 15.0. The smallest absolute Gasteiger partial charge is 0.411 e. The van der Waals surface area contributed by atoms with Crippen LogP contribution in [0.2, 0.25) is 0 Å². The van der Waals surface area contributed by atoms with Crippen LogP contribution in [0.4, 0.5) is 4.79 Å². The van der Waals surface area contributed by atoms with Gasteiger partial charge in [-0.1, -0.05) is 89.4 Å². The lowest BCUT2D eigenvalue weighted by Crippen LogP contribution is -2.54. The van der Waals surface area contributed by atoms with Crippen LogP contribution < -0.4 is 11.1 Å². The van der Waals surface area contributed by atoms with E-state index in [0.29, 0.717) is 71.6 Å². The van der Waals surface area contributed by atoms with Crippen molar-refractivity contribution in [3.63, 3.8) is 0 Å². The fraction of sp³-hybridized carbons (Fsp3) is 0.646. The van der Waals surface area contributed by atoms with Crippen molar-refractivity contribution in [2.45, 2.75) is 143 Å². The number of benzene rings is 1. The molecule has 4 saturated carbocycles. The van der Waals surface area contributed by atoms with Crippen LogP contribution in [-0.2, 0) is 30.4 Å². The van der Waals surface area contributed by atoms with Crippen molar-refractivity contribution in [2.24, 2.45) is 58.5 Å². The fourth-order valence-corrected chi connectivity index (χ4v) is 12.1. The predicted octanol–water partition coefficient (Wildman–Crippen LogP) is 10.2. The number of carbonyl (C=O) groups is 3. The molecule has 1 aromatic rings. The van der Waals surface area contributed by atoms with Gasteiger partial charge in [-0.25, -0.2) is 14.4 Å². The first-order valence-electron chi connectivity index (χ1n) is 21.9. The lowest BCUT2D eigenvalue weighted by atomic mass is 9.48. The molecular weight excluding hydrogens is 701 g/mol. The van der Waals surface area contributed by atoms with E-state index in [2.05, 4.69) is 33.0 Å². The molecule has 8 nitrogen and oxygen atoms in total. The van der Waals surface area contributed by atoms with E-state index in [1.165, 1.54) is 44.9 Å². The largest absolute Gasteiger partial charge is 0.459 e. The monoisotopic (exact) mass is 766 g/mol. The summed E-state index contributed by atoms with van der Waals surface area (Å²) in [6.07, 6.45) is 21.2. The highest BCUT2D eigenvalue weighted by atomic mass is 16.6. The Morgan fingerprint density at radius 2 is 1.52 bits per heavy atom. The maximum atomic E-state index is 13.8. The molecule has 1 aromatic carbocycles. The third kappa shape index (κ3) is 9.15. The van der Waals surface area contributed by atoms with E-state index in [1.807, 2.05) is 42.5 Å². The van der Waals surface area contributed by atoms with Gasteiger partial charge in [-0.2, -0.15) is 0 Å². The summed E-state index contributed by atoms with van der Waals surface area (Å²) >= 11 is 0. The molecular formula is C48H66N2O6. The summed E-state index contributed by atoms with van der Waals surface area (Å²) in [6.45, 7) is 10.0. The first-order chi connectivity index (χ1) is 27.0. The SMILES string of the molecule is CC(C)CCCC(C)C1CCC2C3CC(OC(=O)C4=CC=C(N)CC4)C4CC(OC(=O)C5=CC=C(NC(=O)OCc6ccccc6)CC5)CCC4C3CCC12C. The highest BCUT2D eigenvalue weighted by Crippen LogP contribution is 2.66. The molecule has 7 rings (SSSR count). The van der Waals surface area contributed by atoms with Gasteiger partial charge in [0.15, 0.2) is 0 Å². The Bertz CT molecular complexity index is 1710. The molecule has 0 heterocycles.